The van der Waals surface area contributed by atoms with Gasteiger partial charge in [0, 0.05) is 24.4 Å². The molecule has 0 bridgehead atoms. The maximum atomic E-state index is 4.43. The van der Waals surface area contributed by atoms with E-state index in [-0.39, 0.29) is 0 Å². The van der Waals surface area contributed by atoms with Crippen molar-refractivity contribution >= 4 is 11.3 Å². The molecule has 0 aliphatic heterocycles. The lowest BCUT2D eigenvalue weighted by Crippen LogP contribution is -2.19. The molecule has 0 aromatic carbocycles. The molecule has 1 heterocycles. The molecule has 0 aliphatic carbocycles. The quantitative estimate of drug-likeness (QED) is 0.607. The molecule has 0 saturated carbocycles. The maximum absolute atomic E-state index is 4.43. The molecule has 1 atom stereocenters. The minimum atomic E-state index is 0.332. The Morgan fingerprint density at radius 2 is 2.43 bits per heavy atom. The number of hydrogen-bond acceptors (Lipinski definition) is 3. The van der Waals surface area contributed by atoms with Crippen molar-refractivity contribution in [2.75, 3.05) is 6.54 Å². The molecule has 1 aromatic heterocycles. The summed E-state index contributed by atoms with van der Waals surface area (Å²) in [6.45, 7) is 6.96. The summed E-state index contributed by atoms with van der Waals surface area (Å²) in [7, 11) is 0. The van der Waals surface area contributed by atoms with Crippen LogP contribution >= 0.6 is 11.3 Å². The van der Waals surface area contributed by atoms with Crippen molar-refractivity contribution in [3.05, 3.63) is 16.1 Å². The van der Waals surface area contributed by atoms with Crippen LogP contribution in [0, 0.1) is 18.8 Å². The number of aromatic nitrogens is 1. The fourth-order valence-electron chi connectivity index (χ4n) is 1.16. The topological polar surface area (TPSA) is 24.9 Å². The zero-order valence-electron chi connectivity index (χ0n) is 8.92. The third kappa shape index (κ3) is 3.49. The van der Waals surface area contributed by atoms with E-state index in [4.69, 9.17) is 0 Å². The molecular weight excluding hydrogens is 192 g/mol. The van der Waals surface area contributed by atoms with Gasteiger partial charge in [0.15, 0.2) is 0 Å². The lowest BCUT2D eigenvalue weighted by atomic mass is 10.2. The normalized spacial score (nSPS) is 11.9. The van der Waals surface area contributed by atoms with Gasteiger partial charge in [-0.2, -0.15) is 0 Å². The molecule has 1 N–H and O–H groups in total. The lowest BCUT2D eigenvalue weighted by Gasteiger charge is -2.09. The summed E-state index contributed by atoms with van der Waals surface area (Å²) in [6.07, 6.45) is 0.907. The van der Waals surface area contributed by atoms with Gasteiger partial charge in [-0.15, -0.1) is 23.2 Å². The van der Waals surface area contributed by atoms with E-state index in [1.807, 2.05) is 13.8 Å². The number of nitrogens with one attached hydrogen (secondary N) is 1. The van der Waals surface area contributed by atoms with Gasteiger partial charge in [0.25, 0.3) is 0 Å². The van der Waals surface area contributed by atoms with Crippen LogP contribution in [0.25, 0.3) is 0 Å². The van der Waals surface area contributed by atoms with Crippen molar-refractivity contribution in [1.82, 2.24) is 10.3 Å². The summed E-state index contributed by atoms with van der Waals surface area (Å²) in [5.41, 5.74) is 1.14. The van der Waals surface area contributed by atoms with E-state index in [9.17, 15) is 0 Å². The van der Waals surface area contributed by atoms with Crippen molar-refractivity contribution in [2.24, 2.45) is 0 Å². The summed E-state index contributed by atoms with van der Waals surface area (Å²) in [5.74, 6) is 5.91. The summed E-state index contributed by atoms with van der Waals surface area (Å²) in [6, 6.07) is 0.332. The molecule has 1 rings (SSSR count). The molecule has 0 amide bonds. The molecule has 3 heteroatoms. The van der Waals surface area contributed by atoms with Crippen molar-refractivity contribution in [1.29, 1.82) is 0 Å². The highest BCUT2D eigenvalue weighted by atomic mass is 32.1. The number of rotatable bonds is 4. The third-order valence-electron chi connectivity index (χ3n) is 1.96. The fourth-order valence-corrected chi connectivity index (χ4v) is 1.87. The number of thiazole rings is 1. The molecule has 0 radical (unpaired) electrons. The Hall–Kier alpha value is -0.850. The second-order valence-corrected chi connectivity index (χ2v) is 4.21. The SMILES string of the molecule is CC#CCCNC(C)c1csc(C)n1. The van der Waals surface area contributed by atoms with Gasteiger partial charge in [-0.1, -0.05) is 0 Å². The molecule has 0 fully saturated rings. The van der Waals surface area contributed by atoms with Crippen molar-refractivity contribution in [3.63, 3.8) is 0 Å². The Morgan fingerprint density at radius 3 is 3.00 bits per heavy atom. The predicted molar refractivity (Wildman–Crippen MR) is 61.3 cm³/mol. The van der Waals surface area contributed by atoms with E-state index in [2.05, 4.69) is 34.4 Å². The Balaban J connectivity index is 2.34. The van der Waals surface area contributed by atoms with E-state index in [1.165, 1.54) is 0 Å². The molecule has 1 aromatic rings. The van der Waals surface area contributed by atoms with E-state index in [0.717, 1.165) is 23.7 Å². The molecule has 0 saturated heterocycles. The van der Waals surface area contributed by atoms with Crippen LogP contribution in [0.5, 0.6) is 0 Å². The van der Waals surface area contributed by atoms with Crippen LogP contribution in [0.15, 0.2) is 5.38 Å². The average Bonchev–Trinajstić information content (AvgIpc) is 2.59. The van der Waals surface area contributed by atoms with Crippen LogP contribution in [-0.4, -0.2) is 11.5 Å². The van der Waals surface area contributed by atoms with Crippen molar-refractivity contribution < 1.29 is 0 Å². The zero-order chi connectivity index (χ0) is 10.4. The van der Waals surface area contributed by atoms with Crippen LogP contribution in [0.2, 0.25) is 0 Å². The standard InChI is InChI=1S/C11H16N2S/c1-4-5-6-7-12-9(2)11-8-14-10(3)13-11/h8-9,12H,6-7H2,1-3H3. The van der Waals surface area contributed by atoms with Gasteiger partial charge in [0.2, 0.25) is 0 Å². The number of aryl methyl sites for hydroxylation is 1. The van der Waals surface area contributed by atoms with Gasteiger partial charge in [-0.25, -0.2) is 4.98 Å². The first-order chi connectivity index (χ1) is 6.74. The summed E-state index contributed by atoms with van der Waals surface area (Å²) < 4.78 is 0. The molecule has 0 aliphatic rings. The van der Waals surface area contributed by atoms with Gasteiger partial charge in [0.1, 0.15) is 0 Å². The predicted octanol–water partition coefficient (Wildman–Crippen LogP) is 2.52. The Labute approximate surface area is 89.8 Å². The smallest absolute Gasteiger partial charge is 0.0898 e. The molecule has 0 spiro atoms. The highest BCUT2D eigenvalue weighted by Gasteiger charge is 2.06. The monoisotopic (exact) mass is 208 g/mol. The highest BCUT2D eigenvalue weighted by molar-refractivity contribution is 7.09. The van der Waals surface area contributed by atoms with E-state index in [1.54, 1.807) is 11.3 Å². The molecule has 14 heavy (non-hydrogen) atoms. The molecular formula is C11H16N2S. The van der Waals surface area contributed by atoms with Crippen LogP contribution < -0.4 is 5.32 Å². The Bertz CT molecular complexity index is 333. The maximum Gasteiger partial charge on any atom is 0.0898 e. The zero-order valence-corrected chi connectivity index (χ0v) is 9.74. The van der Waals surface area contributed by atoms with Crippen LogP contribution in [-0.2, 0) is 0 Å². The third-order valence-corrected chi connectivity index (χ3v) is 2.75. The summed E-state index contributed by atoms with van der Waals surface area (Å²) in [4.78, 5) is 4.43. The first-order valence-corrected chi connectivity index (χ1v) is 5.67. The number of hydrogen-bond donors (Lipinski definition) is 1. The fraction of sp³-hybridized carbons (Fsp3) is 0.545. The first-order valence-electron chi connectivity index (χ1n) is 4.79. The van der Waals surface area contributed by atoms with Crippen LogP contribution in [0.1, 0.15) is 37.0 Å². The van der Waals surface area contributed by atoms with E-state index < -0.39 is 0 Å². The minimum Gasteiger partial charge on any atom is -0.308 e. The Morgan fingerprint density at radius 1 is 1.64 bits per heavy atom. The van der Waals surface area contributed by atoms with E-state index in [0.29, 0.717) is 6.04 Å². The summed E-state index contributed by atoms with van der Waals surface area (Å²) in [5, 5.41) is 6.63. The van der Waals surface area contributed by atoms with Gasteiger partial charge in [-0.3, -0.25) is 0 Å². The van der Waals surface area contributed by atoms with Gasteiger partial charge >= 0.3 is 0 Å². The lowest BCUT2D eigenvalue weighted by molar-refractivity contribution is 0.572. The van der Waals surface area contributed by atoms with Gasteiger partial charge in [-0.05, 0) is 20.8 Å². The van der Waals surface area contributed by atoms with Crippen molar-refractivity contribution in [2.45, 2.75) is 33.2 Å². The highest BCUT2D eigenvalue weighted by Crippen LogP contribution is 2.15. The van der Waals surface area contributed by atoms with Gasteiger partial charge in [0.05, 0.1) is 10.7 Å². The molecule has 76 valence electrons. The Kier molecular flexibility index (Phi) is 4.64. The second kappa shape index (κ2) is 5.79. The molecule has 1 unspecified atom stereocenters. The van der Waals surface area contributed by atoms with Gasteiger partial charge < -0.3 is 5.32 Å². The average molecular weight is 208 g/mol. The first kappa shape index (κ1) is 11.2. The van der Waals surface area contributed by atoms with E-state index >= 15 is 0 Å². The van der Waals surface area contributed by atoms with Crippen LogP contribution in [0.4, 0.5) is 0 Å². The second-order valence-electron chi connectivity index (χ2n) is 3.14. The number of nitrogens with zero attached hydrogens (tertiary/aromatic N) is 1. The minimum absolute atomic E-state index is 0.332. The van der Waals surface area contributed by atoms with Crippen LogP contribution in [0.3, 0.4) is 0 Å². The van der Waals surface area contributed by atoms with Crippen molar-refractivity contribution in [3.8, 4) is 11.8 Å². The summed E-state index contributed by atoms with van der Waals surface area (Å²) >= 11 is 1.70. The molecule has 2 nitrogen and oxygen atoms in total. The largest absolute Gasteiger partial charge is 0.308 e.